The van der Waals surface area contributed by atoms with Gasteiger partial charge in [-0.1, -0.05) is 13.3 Å². The molecule has 0 aromatic carbocycles. The van der Waals surface area contributed by atoms with Crippen LogP contribution in [-0.2, 0) is 6.42 Å². The second-order valence-electron chi connectivity index (χ2n) is 3.80. The van der Waals surface area contributed by atoms with Crippen LogP contribution in [0.1, 0.15) is 19.0 Å². The fourth-order valence-electron chi connectivity index (χ4n) is 1.58. The lowest BCUT2D eigenvalue weighted by Gasteiger charge is -2.05. The molecule has 0 atom stereocenters. The predicted octanol–water partition coefficient (Wildman–Crippen LogP) is 4.72. The standard InChI is InChI=1S/C12H13Br2N3S/c1-3-4-7-5-10(15-2)17-12(16-7)9-6-8(13)11(14)18-9/h5-6H,3-4H2,1-2H3,(H,15,16,17). The van der Waals surface area contributed by atoms with Gasteiger partial charge in [-0.15, -0.1) is 11.3 Å². The number of thiophene rings is 1. The number of hydrogen-bond donors (Lipinski definition) is 1. The Hall–Kier alpha value is -0.460. The molecular weight excluding hydrogens is 378 g/mol. The molecule has 2 aromatic heterocycles. The quantitative estimate of drug-likeness (QED) is 0.820. The molecule has 3 nitrogen and oxygen atoms in total. The van der Waals surface area contributed by atoms with Gasteiger partial charge in [-0.3, -0.25) is 0 Å². The van der Waals surface area contributed by atoms with Gasteiger partial charge in [0.25, 0.3) is 0 Å². The van der Waals surface area contributed by atoms with Gasteiger partial charge in [0.1, 0.15) is 5.82 Å². The lowest BCUT2D eigenvalue weighted by Crippen LogP contribution is -2.00. The number of hydrogen-bond acceptors (Lipinski definition) is 4. The van der Waals surface area contributed by atoms with Gasteiger partial charge >= 0.3 is 0 Å². The highest BCUT2D eigenvalue weighted by Gasteiger charge is 2.11. The van der Waals surface area contributed by atoms with Gasteiger partial charge in [0.2, 0.25) is 0 Å². The van der Waals surface area contributed by atoms with E-state index in [0.29, 0.717) is 0 Å². The second kappa shape index (κ2) is 6.12. The fourth-order valence-corrected chi connectivity index (χ4v) is 3.55. The van der Waals surface area contributed by atoms with E-state index >= 15 is 0 Å². The second-order valence-corrected chi connectivity index (χ2v) is 7.02. The Morgan fingerprint density at radius 1 is 1.28 bits per heavy atom. The van der Waals surface area contributed by atoms with Crippen LogP contribution in [-0.4, -0.2) is 17.0 Å². The highest BCUT2D eigenvalue weighted by molar-refractivity contribution is 9.13. The molecule has 0 aliphatic heterocycles. The van der Waals surface area contributed by atoms with Crippen molar-refractivity contribution in [2.75, 3.05) is 12.4 Å². The van der Waals surface area contributed by atoms with Gasteiger partial charge in [-0.25, -0.2) is 9.97 Å². The number of aromatic nitrogens is 2. The van der Waals surface area contributed by atoms with E-state index in [1.807, 2.05) is 19.2 Å². The summed E-state index contributed by atoms with van der Waals surface area (Å²) in [6.45, 7) is 2.15. The van der Waals surface area contributed by atoms with Crippen LogP contribution in [0, 0.1) is 0 Å². The smallest absolute Gasteiger partial charge is 0.171 e. The zero-order valence-electron chi connectivity index (χ0n) is 10.1. The number of nitrogens with one attached hydrogen (secondary N) is 1. The van der Waals surface area contributed by atoms with Crippen LogP contribution in [0.3, 0.4) is 0 Å². The monoisotopic (exact) mass is 389 g/mol. The zero-order valence-corrected chi connectivity index (χ0v) is 14.1. The summed E-state index contributed by atoms with van der Waals surface area (Å²) in [6, 6.07) is 4.05. The molecule has 0 aliphatic rings. The van der Waals surface area contributed by atoms with Gasteiger partial charge in [0, 0.05) is 23.3 Å². The van der Waals surface area contributed by atoms with E-state index in [0.717, 1.165) is 43.3 Å². The number of anilines is 1. The molecule has 0 bridgehead atoms. The highest BCUT2D eigenvalue weighted by Crippen LogP contribution is 2.37. The van der Waals surface area contributed by atoms with E-state index in [4.69, 9.17) is 0 Å². The molecule has 0 unspecified atom stereocenters. The Morgan fingerprint density at radius 3 is 2.61 bits per heavy atom. The largest absolute Gasteiger partial charge is 0.373 e. The van der Waals surface area contributed by atoms with Crippen molar-refractivity contribution in [1.29, 1.82) is 0 Å². The fraction of sp³-hybridized carbons (Fsp3) is 0.333. The van der Waals surface area contributed by atoms with Crippen molar-refractivity contribution in [3.8, 4) is 10.7 Å². The molecule has 96 valence electrons. The van der Waals surface area contributed by atoms with Crippen molar-refractivity contribution >= 4 is 49.0 Å². The minimum Gasteiger partial charge on any atom is -0.373 e. The van der Waals surface area contributed by atoms with Crippen LogP contribution in [0.4, 0.5) is 5.82 Å². The van der Waals surface area contributed by atoms with E-state index in [1.165, 1.54) is 0 Å². The minimum absolute atomic E-state index is 0.779. The van der Waals surface area contributed by atoms with E-state index in [-0.39, 0.29) is 0 Å². The third-order valence-corrected chi connectivity index (χ3v) is 5.66. The molecular formula is C12H13Br2N3S. The molecule has 2 rings (SSSR count). The van der Waals surface area contributed by atoms with Gasteiger partial charge < -0.3 is 5.32 Å². The number of nitrogens with zero attached hydrogens (tertiary/aromatic N) is 2. The minimum atomic E-state index is 0.779. The van der Waals surface area contributed by atoms with Crippen LogP contribution in [0.2, 0.25) is 0 Å². The lowest BCUT2D eigenvalue weighted by atomic mass is 10.2. The van der Waals surface area contributed by atoms with Crippen LogP contribution in [0.15, 0.2) is 20.4 Å². The molecule has 2 aromatic rings. The van der Waals surface area contributed by atoms with Crippen molar-refractivity contribution < 1.29 is 0 Å². The molecule has 0 radical (unpaired) electrons. The number of halogens is 2. The first-order valence-corrected chi connectivity index (χ1v) is 8.05. The first-order chi connectivity index (χ1) is 8.63. The van der Waals surface area contributed by atoms with Crippen LogP contribution in [0.5, 0.6) is 0 Å². The van der Waals surface area contributed by atoms with Crippen molar-refractivity contribution in [1.82, 2.24) is 9.97 Å². The lowest BCUT2D eigenvalue weighted by molar-refractivity contribution is 0.876. The first-order valence-electron chi connectivity index (χ1n) is 5.65. The van der Waals surface area contributed by atoms with Crippen LogP contribution >= 0.6 is 43.2 Å². The molecule has 6 heteroatoms. The zero-order chi connectivity index (χ0) is 13.1. The Bertz CT molecular complexity index is 535. The maximum Gasteiger partial charge on any atom is 0.171 e. The average Bonchev–Trinajstić information content (AvgIpc) is 2.70. The van der Waals surface area contributed by atoms with E-state index in [9.17, 15) is 0 Å². The maximum atomic E-state index is 4.61. The summed E-state index contributed by atoms with van der Waals surface area (Å²) in [5.74, 6) is 1.64. The average molecular weight is 391 g/mol. The molecule has 18 heavy (non-hydrogen) atoms. The Labute approximate surface area is 127 Å². The maximum absolute atomic E-state index is 4.61. The van der Waals surface area contributed by atoms with E-state index in [1.54, 1.807) is 11.3 Å². The number of aryl methyl sites for hydroxylation is 1. The summed E-state index contributed by atoms with van der Waals surface area (Å²) in [6.07, 6.45) is 2.05. The highest BCUT2D eigenvalue weighted by atomic mass is 79.9. The molecule has 0 spiro atoms. The summed E-state index contributed by atoms with van der Waals surface area (Å²) in [7, 11) is 1.88. The van der Waals surface area contributed by atoms with Crippen molar-refractivity contribution in [2.24, 2.45) is 0 Å². The SMILES string of the molecule is CCCc1cc(NC)nc(-c2cc(Br)c(Br)s2)n1. The van der Waals surface area contributed by atoms with Gasteiger partial charge in [-0.05, 0) is 44.3 Å². The van der Waals surface area contributed by atoms with Crippen molar-refractivity contribution in [2.45, 2.75) is 19.8 Å². The molecule has 0 amide bonds. The van der Waals surface area contributed by atoms with Gasteiger partial charge in [-0.2, -0.15) is 0 Å². The molecule has 1 N–H and O–H groups in total. The molecule has 0 aliphatic carbocycles. The Kier molecular flexibility index (Phi) is 4.75. The summed E-state index contributed by atoms with van der Waals surface area (Å²) in [5.41, 5.74) is 1.08. The van der Waals surface area contributed by atoms with Crippen molar-refractivity contribution in [3.63, 3.8) is 0 Å². The molecule has 0 fully saturated rings. The van der Waals surface area contributed by atoms with Crippen molar-refractivity contribution in [3.05, 3.63) is 26.1 Å². The Morgan fingerprint density at radius 2 is 2.06 bits per heavy atom. The van der Waals surface area contributed by atoms with Gasteiger partial charge in [0.05, 0.1) is 8.66 Å². The predicted molar refractivity (Wildman–Crippen MR) is 84.3 cm³/mol. The van der Waals surface area contributed by atoms with Crippen LogP contribution < -0.4 is 5.32 Å². The normalized spacial score (nSPS) is 10.7. The molecule has 0 saturated heterocycles. The summed E-state index contributed by atoms with van der Waals surface area (Å²) in [4.78, 5) is 10.2. The number of rotatable bonds is 4. The summed E-state index contributed by atoms with van der Waals surface area (Å²) in [5, 5.41) is 3.09. The summed E-state index contributed by atoms with van der Waals surface area (Å²) >= 11 is 8.62. The summed E-state index contributed by atoms with van der Waals surface area (Å²) < 4.78 is 2.10. The van der Waals surface area contributed by atoms with Crippen LogP contribution in [0.25, 0.3) is 10.7 Å². The third kappa shape index (κ3) is 3.10. The third-order valence-electron chi connectivity index (χ3n) is 2.41. The molecule has 2 heterocycles. The van der Waals surface area contributed by atoms with Gasteiger partial charge in [0.15, 0.2) is 5.82 Å². The topological polar surface area (TPSA) is 37.8 Å². The van der Waals surface area contributed by atoms with E-state index in [2.05, 4.69) is 54.1 Å². The van der Waals surface area contributed by atoms with E-state index < -0.39 is 0 Å². The Balaban J connectivity index is 2.45. The first kappa shape index (κ1) is 14.0. The molecule has 0 saturated carbocycles.